The minimum absolute atomic E-state index is 0.342. The van der Waals surface area contributed by atoms with E-state index in [0.717, 1.165) is 26.2 Å². The summed E-state index contributed by atoms with van der Waals surface area (Å²) in [5.41, 5.74) is 1.75. The van der Waals surface area contributed by atoms with Gasteiger partial charge in [-0.05, 0) is 37.8 Å². The first-order chi connectivity index (χ1) is 9.50. The van der Waals surface area contributed by atoms with Crippen molar-refractivity contribution in [3.05, 3.63) is 35.9 Å². The van der Waals surface area contributed by atoms with E-state index in [0.29, 0.717) is 11.5 Å². The lowest BCUT2D eigenvalue weighted by Gasteiger charge is -2.37. The molecule has 0 aromatic heterocycles. The Kier molecular flexibility index (Phi) is 7.25. The first-order valence-electron chi connectivity index (χ1n) is 7.99. The van der Waals surface area contributed by atoms with E-state index in [1.165, 1.54) is 12.0 Å². The lowest BCUT2D eigenvalue weighted by molar-refractivity contribution is 0.120. The third kappa shape index (κ3) is 5.64. The first kappa shape index (κ1) is 17.2. The number of hydrogen-bond donors (Lipinski definition) is 1. The Morgan fingerprint density at radius 3 is 2.30 bits per heavy atom. The van der Waals surface area contributed by atoms with E-state index in [1.807, 2.05) is 0 Å². The van der Waals surface area contributed by atoms with E-state index in [1.54, 1.807) is 0 Å². The molecule has 0 saturated heterocycles. The van der Waals surface area contributed by atoms with Crippen LogP contribution in [0.15, 0.2) is 30.3 Å². The number of benzene rings is 1. The van der Waals surface area contributed by atoms with Gasteiger partial charge in [-0.1, -0.05) is 51.1 Å². The van der Waals surface area contributed by atoms with E-state index in [-0.39, 0.29) is 0 Å². The Bertz CT molecular complexity index is 361. The van der Waals surface area contributed by atoms with Gasteiger partial charge in [-0.25, -0.2) is 0 Å². The molecule has 2 heteroatoms. The molecule has 2 nitrogen and oxygen atoms in total. The second kappa shape index (κ2) is 8.43. The smallest absolute Gasteiger partial charge is 0.0236 e. The van der Waals surface area contributed by atoms with Crippen LogP contribution in [0.3, 0.4) is 0 Å². The van der Waals surface area contributed by atoms with Crippen molar-refractivity contribution in [1.29, 1.82) is 0 Å². The van der Waals surface area contributed by atoms with Crippen molar-refractivity contribution < 1.29 is 0 Å². The van der Waals surface area contributed by atoms with Crippen LogP contribution in [0.2, 0.25) is 0 Å². The molecule has 0 saturated carbocycles. The zero-order valence-electron chi connectivity index (χ0n) is 13.9. The third-order valence-corrected chi connectivity index (χ3v) is 4.20. The minimum atomic E-state index is 0.342. The average molecular weight is 276 g/mol. The highest BCUT2D eigenvalue weighted by Crippen LogP contribution is 2.24. The van der Waals surface area contributed by atoms with E-state index in [2.05, 4.69) is 75.2 Å². The molecule has 0 aliphatic rings. The van der Waals surface area contributed by atoms with Gasteiger partial charge in [-0.3, -0.25) is 4.90 Å². The fourth-order valence-electron chi connectivity index (χ4n) is 2.45. The van der Waals surface area contributed by atoms with Gasteiger partial charge < -0.3 is 5.32 Å². The summed E-state index contributed by atoms with van der Waals surface area (Å²) in [6.45, 7) is 15.8. The number of hydrogen-bond acceptors (Lipinski definition) is 2. The van der Waals surface area contributed by atoms with Crippen LogP contribution in [0, 0.1) is 5.41 Å². The Morgan fingerprint density at radius 2 is 1.80 bits per heavy atom. The van der Waals surface area contributed by atoms with Crippen molar-refractivity contribution >= 4 is 0 Å². The molecule has 0 heterocycles. The Labute approximate surface area is 125 Å². The molecule has 0 spiro atoms. The fraction of sp³-hybridized carbons (Fsp3) is 0.667. The second-order valence-corrected chi connectivity index (χ2v) is 6.43. The molecular formula is C18H32N2. The van der Waals surface area contributed by atoms with Crippen molar-refractivity contribution in [2.45, 2.75) is 53.6 Å². The number of nitrogens with one attached hydrogen (secondary N) is 1. The monoisotopic (exact) mass is 276 g/mol. The van der Waals surface area contributed by atoms with Gasteiger partial charge in [0.15, 0.2) is 0 Å². The molecule has 0 fully saturated rings. The summed E-state index contributed by atoms with van der Waals surface area (Å²) < 4.78 is 0. The second-order valence-electron chi connectivity index (χ2n) is 6.43. The van der Waals surface area contributed by atoms with Crippen LogP contribution in [0.4, 0.5) is 0 Å². The van der Waals surface area contributed by atoms with Gasteiger partial charge in [0.2, 0.25) is 0 Å². The molecule has 1 rings (SSSR count). The fourth-order valence-corrected chi connectivity index (χ4v) is 2.45. The van der Waals surface area contributed by atoms with Crippen LogP contribution in [0.25, 0.3) is 0 Å². The maximum atomic E-state index is 3.52. The normalized spacial score (nSPS) is 14.8. The number of rotatable bonds is 9. The predicted molar refractivity (Wildman–Crippen MR) is 88.9 cm³/mol. The topological polar surface area (TPSA) is 15.3 Å². The van der Waals surface area contributed by atoms with E-state index < -0.39 is 0 Å². The molecule has 20 heavy (non-hydrogen) atoms. The van der Waals surface area contributed by atoms with Gasteiger partial charge in [0, 0.05) is 25.7 Å². The molecule has 1 N–H and O–H groups in total. The van der Waals surface area contributed by atoms with E-state index >= 15 is 0 Å². The van der Waals surface area contributed by atoms with Crippen LogP contribution in [-0.2, 0) is 6.54 Å². The summed E-state index contributed by atoms with van der Waals surface area (Å²) in [7, 11) is 0. The van der Waals surface area contributed by atoms with Crippen molar-refractivity contribution in [3.8, 4) is 0 Å². The van der Waals surface area contributed by atoms with Crippen molar-refractivity contribution in [2.75, 3.05) is 19.6 Å². The molecule has 0 radical (unpaired) electrons. The summed E-state index contributed by atoms with van der Waals surface area (Å²) in [5, 5.41) is 3.52. The molecular weight excluding hydrogens is 244 g/mol. The molecule has 1 aromatic carbocycles. The largest absolute Gasteiger partial charge is 0.316 e. The Morgan fingerprint density at radius 1 is 1.15 bits per heavy atom. The van der Waals surface area contributed by atoms with Crippen LogP contribution in [0.5, 0.6) is 0 Å². The molecule has 0 amide bonds. The predicted octanol–water partition coefficient (Wildman–Crippen LogP) is 3.92. The maximum Gasteiger partial charge on any atom is 0.0236 e. The summed E-state index contributed by atoms with van der Waals surface area (Å²) in [4.78, 5) is 2.59. The highest BCUT2D eigenvalue weighted by atomic mass is 15.2. The van der Waals surface area contributed by atoms with Crippen LogP contribution < -0.4 is 5.32 Å². The molecule has 114 valence electrons. The van der Waals surface area contributed by atoms with Gasteiger partial charge >= 0.3 is 0 Å². The highest BCUT2D eigenvalue weighted by molar-refractivity contribution is 5.14. The quantitative estimate of drug-likeness (QED) is 0.735. The molecule has 0 aliphatic carbocycles. The molecule has 0 aliphatic heterocycles. The molecule has 1 unspecified atom stereocenters. The zero-order valence-corrected chi connectivity index (χ0v) is 13.9. The van der Waals surface area contributed by atoms with Crippen molar-refractivity contribution in [2.24, 2.45) is 5.41 Å². The average Bonchev–Trinajstić information content (AvgIpc) is 2.45. The zero-order chi connectivity index (χ0) is 15.0. The highest BCUT2D eigenvalue weighted by Gasteiger charge is 2.26. The van der Waals surface area contributed by atoms with Crippen LogP contribution in [0.1, 0.15) is 46.6 Å². The standard InChI is InChI=1S/C18H32N2/c1-6-18(5,14-19-7-2)15-20(16(3)4)13-17-11-9-8-10-12-17/h8-12,16,19H,6-7,13-15H2,1-5H3. The molecule has 0 bridgehead atoms. The lowest BCUT2D eigenvalue weighted by Crippen LogP contribution is -2.44. The molecule has 1 atom stereocenters. The van der Waals surface area contributed by atoms with Crippen LogP contribution >= 0.6 is 0 Å². The van der Waals surface area contributed by atoms with Gasteiger partial charge in [0.05, 0.1) is 0 Å². The van der Waals surface area contributed by atoms with E-state index in [9.17, 15) is 0 Å². The molecule has 1 aromatic rings. The Hall–Kier alpha value is -0.860. The van der Waals surface area contributed by atoms with Gasteiger partial charge in [0.1, 0.15) is 0 Å². The lowest BCUT2D eigenvalue weighted by atomic mass is 9.86. The number of nitrogens with zero attached hydrogens (tertiary/aromatic N) is 1. The summed E-state index contributed by atoms with van der Waals surface area (Å²) in [6.07, 6.45) is 1.21. The Balaban J connectivity index is 2.70. The van der Waals surface area contributed by atoms with Crippen molar-refractivity contribution in [3.63, 3.8) is 0 Å². The third-order valence-electron chi connectivity index (χ3n) is 4.20. The minimum Gasteiger partial charge on any atom is -0.316 e. The SMILES string of the molecule is CCNCC(C)(CC)CN(Cc1ccccc1)C(C)C. The summed E-state index contributed by atoms with van der Waals surface area (Å²) in [5.74, 6) is 0. The summed E-state index contributed by atoms with van der Waals surface area (Å²) in [6, 6.07) is 11.4. The summed E-state index contributed by atoms with van der Waals surface area (Å²) >= 11 is 0. The maximum absolute atomic E-state index is 3.52. The van der Waals surface area contributed by atoms with Crippen LogP contribution in [-0.4, -0.2) is 30.6 Å². The first-order valence-corrected chi connectivity index (χ1v) is 7.99. The van der Waals surface area contributed by atoms with Crippen molar-refractivity contribution in [1.82, 2.24) is 10.2 Å². The van der Waals surface area contributed by atoms with Gasteiger partial charge in [0.25, 0.3) is 0 Å². The van der Waals surface area contributed by atoms with Gasteiger partial charge in [-0.15, -0.1) is 0 Å². The van der Waals surface area contributed by atoms with E-state index in [4.69, 9.17) is 0 Å². The van der Waals surface area contributed by atoms with Gasteiger partial charge in [-0.2, -0.15) is 0 Å².